The molecule has 0 bridgehead atoms. The molecule has 4 aromatic rings. The average Bonchev–Trinajstić information content (AvgIpc) is 3.43. The van der Waals surface area contributed by atoms with E-state index in [1.165, 1.54) is 4.90 Å². The molecule has 0 amide bonds. The lowest BCUT2D eigenvalue weighted by Crippen LogP contribution is -3.10. The molecule has 1 atom stereocenters. The largest absolute Gasteiger partial charge is 0.322 e. The normalized spacial score (nSPS) is 15.5. The summed E-state index contributed by atoms with van der Waals surface area (Å²) < 4.78 is 1.84. The molecule has 3 heterocycles. The number of rotatable bonds is 5. The molecule has 1 aliphatic rings. The van der Waals surface area contributed by atoms with Crippen molar-refractivity contribution in [3.05, 3.63) is 87.0 Å². The van der Waals surface area contributed by atoms with E-state index in [1.54, 1.807) is 0 Å². The minimum absolute atomic E-state index is 0.0591. The Morgan fingerprint density at radius 3 is 2.65 bits per heavy atom. The van der Waals surface area contributed by atoms with Crippen molar-refractivity contribution in [1.29, 1.82) is 0 Å². The fourth-order valence-electron chi connectivity index (χ4n) is 4.85. The number of quaternary nitrogens is 1. The van der Waals surface area contributed by atoms with Gasteiger partial charge in [-0.05, 0) is 53.1 Å². The van der Waals surface area contributed by atoms with E-state index in [0.29, 0.717) is 6.54 Å². The second kappa shape index (κ2) is 8.07. The maximum Gasteiger partial charge on any atom is 0.258 e. The Labute approximate surface area is 180 Å². The average molecular weight is 416 g/mol. The van der Waals surface area contributed by atoms with Crippen molar-refractivity contribution in [2.75, 3.05) is 13.1 Å². The highest BCUT2D eigenvalue weighted by Crippen LogP contribution is 2.23. The number of pyridine rings is 1. The Morgan fingerprint density at radius 2 is 1.87 bits per heavy atom. The summed E-state index contributed by atoms with van der Waals surface area (Å²) in [6.07, 6.45) is 2.30. The molecule has 0 spiro atoms. The number of fused-ring (bicyclic) bond motifs is 1. The molecule has 158 valence electrons. The van der Waals surface area contributed by atoms with Crippen molar-refractivity contribution in [1.82, 2.24) is 25.2 Å². The quantitative estimate of drug-likeness (QED) is 0.522. The van der Waals surface area contributed by atoms with Gasteiger partial charge in [0.25, 0.3) is 5.56 Å². The minimum Gasteiger partial charge on any atom is -0.322 e. The predicted molar refractivity (Wildman–Crippen MR) is 119 cm³/mol. The number of nitrogens with zero attached hydrogens (tertiary/aromatic N) is 4. The second-order valence-electron chi connectivity index (χ2n) is 8.58. The highest BCUT2D eigenvalue weighted by molar-refractivity contribution is 5.83. The van der Waals surface area contributed by atoms with Crippen LogP contribution in [0.3, 0.4) is 0 Å². The molecular weight excluding hydrogens is 388 g/mol. The van der Waals surface area contributed by atoms with Crippen LogP contribution < -0.4 is 10.5 Å². The van der Waals surface area contributed by atoms with Crippen LogP contribution in [-0.2, 0) is 6.54 Å². The number of nitrogens with one attached hydrogen (secondary N) is 2. The third-order valence-corrected chi connectivity index (χ3v) is 6.30. The molecule has 1 fully saturated rings. The summed E-state index contributed by atoms with van der Waals surface area (Å²) in [7, 11) is 0. The first-order valence-electron chi connectivity index (χ1n) is 10.9. The van der Waals surface area contributed by atoms with Crippen molar-refractivity contribution in [3.8, 4) is 0 Å². The van der Waals surface area contributed by atoms with Crippen LogP contribution in [0.15, 0.2) is 53.3 Å². The van der Waals surface area contributed by atoms with Gasteiger partial charge in [0.15, 0.2) is 6.04 Å². The van der Waals surface area contributed by atoms with Gasteiger partial charge < -0.3 is 9.88 Å². The van der Waals surface area contributed by atoms with Gasteiger partial charge in [0.05, 0.1) is 25.2 Å². The summed E-state index contributed by atoms with van der Waals surface area (Å²) >= 11 is 0. The van der Waals surface area contributed by atoms with Crippen LogP contribution in [0, 0.1) is 13.8 Å². The third-order valence-electron chi connectivity index (χ3n) is 6.30. The standard InChI is InChI=1S/C24H26N6O/c1-16-12-17(2)19-14-20(24(31)25-21(19)13-16)22(29-10-6-7-11-29)23-26-27-28-30(23)15-18-8-4-3-5-9-18/h3-5,8-9,12-14,22H,6-7,10-11,15H2,1-2H3,(H,25,31)/p+1/t22-/m0/s1. The Morgan fingerprint density at radius 1 is 1.10 bits per heavy atom. The summed E-state index contributed by atoms with van der Waals surface area (Å²) in [6, 6.07) is 16.2. The van der Waals surface area contributed by atoms with E-state index in [-0.39, 0.29) is 11.6 Å². The van der Waals surface area contributed by atoms with Crippen molar-refractivity contribution in [2.24, 2.45) is 0 Å². The predicted octanol–water partition coefficient (Wildman–Crippen LogP) is 1.95. The summed E-state index contributed by atoms with van der Waals surface area (Å²) in [5.74, 6) is 0.746. The first-order chi connectivity index (χ1) is 15.1. The van der Waals surface area contributed by atoms with E-state index in [1.807, 2.05) is 35.9 Å². The lowest BCUT2D eigenvalue weighted by atomic mass is 10.00. The van der Waals surface area contributed by atoms with Gasteiger partial charge in [0.1, 0.15) is 0 Å². The van der Waals surface area contributed by atoms with E-state index in [9.17, 15) is 4.79 Å². The van der Waals surface area contributed by atoms with E-state index in [0.717, 1.165) is 64.9 Å². The van der Waals surface area contributed by atoms with Crippen molar-refractivity contribution < 1.29 is 4.90 Å². The van der Waals surface area contributed by atoms with Crippen molar-refractivity contribution in [3.63, 3.8) is 0 Å². The fourth-order valence-corrected chi connectivity index (χ4v) is 4.85. The molecule has 0 radical (unpaired) electrons. The number of aryl methyl sites for hydroxylation is 2. The van der Waals surface area contributed by atoms with Crippen molar-refractivity contribution >= 4 is 10.9 Å². The van der Waals surface area contributed by atoms with Crippen LogP contribution in [0.5, 0.6) is 0 Å². The van der Waals surface area contributed by atoms with E-state index in [4.69, 9.17) is 0 Å². The van der Waals surface area contributed by atoms with Crippen LogP contribution in [-0.4, -0.2) is 38.3 Å². The first kappa shape index (κ1) is 19.6. The molecule has 2 aromatic heterocycles. The highest BCUT2D eigenvalue weighted by Gasteiger charge is 2.35. The minimum atomic E-state index is -0.199. The van der Waals surface area contributed by atoms with Crippen LogP contribution in [0.2, 0.25) is 0 Å². The Bertz CT molecular complexity index is 1270. The molecule has 1 aliphatic heterocycles. The maximum atomic E-state index is 13.3. The topological polar surface area (TPSA) is 80.9 Å². The second-order valence-corrected chi connectivity index (χ2v) is 8.58. The van der Waals surface area contributed by atoms with Gasteiger partial charge in [0.2, 0.25) is 5.82 Å². The number of tetrazole rings is 1. The zero-order chi connectivity index (χ0) is 21.4. The maximum absolute atomic E-state index is 13.3. The Kier molecular flexibility index (Phi) is 5.11. The number of aromatic nitrogens is 5. The number of benzene rings is 2. The van der Waals surface area contributed by atoms with Crippen LogP contribution >= 0.6 is 0 Å². The number of hydrogen-bond donors (Lipinski definition) is 2. The van der Waals surface area contributed by atoms with Crippen LogP contribution in [0.25, 0.3) is 10.9 Å². The molecule has 2 N–H and O–H groups in total. The molecule has 7 heteroatoms. The molecule has 7 nitrogen and oxygen atoms in total. The molecule has 5 rings (SSSR count). The lowest BCUT2D eigenvalue weighted by molar-refractivity contribution is -0.914. The molecule has 0 aliphatic carbocycles. The monoisotopic (exact) mass is 415 g/mol. The zero-order valence-corrected chi connectivity index (χ0v) is 17.9. The Hall–Kier alpha value is -3.32. The molecular formula is C24H27N6O+. The molecule has 0 saturated carbocycles. The summed E-state index contributed by atoms with van der Waals surface area (Å²) in [5.41, 5.74) is 4.99. The summed E-state index contributed by atoms with van der Waals surface area (Å²) in [5, 5.41) is 13.8. The zero-order valence-electron chi connectivity index (χ0n) is 17.9. The number of hydrogen-bond acceptors (Lipinski definition) is 4. The van der Waals surface area contributed by atoms with E-state index in [2.05, 4.69) is 51.7 Å². The van der Waals surface area contributed by atoms with Gasteiger partial charge in [-0.1, -0.05) is 36.4 Å². The SMILES string of the molecule is Cc1cc(C)c2cc([C@@H](c3nnnn3Cc3ccccc3)[NH+]3CCCC3)c(=O)[nH]c2c1. The van der Waals surface area contributed by atoms with Gasteiger partial charge in [0, 0.05) is 23.7 Å². The molecule has 1 saturated heterocycles. The third kappa shape index (κ3) is 3.77. The van der Waals surface area contributed by atoms with Gasteiger partial charge >= 0.3 is 0 Å². The Balaban J connectivity index is 1.64. The van der Waals surface area contributed by atoms with Gasteiger partial charge in [-0.15, -0.1) is 5.10 Å². The number of aromatic amines is 1. The molecule has 31 heavy (non-hydrogen) atoms. The highest BCUT2D eigenvalue weighted by atomic mass is 16.1. The first-order valence-corrected chi connectivity index (χ1v) is 10.9. The molecule has 2 aromatic carbocycles. The number of likely N-dealkylation sites (tertiary alicyclic amines) is 1. The van der Waals surface area contributed by atoms with Crippen LogP contribution in [0.1, 0.15) is 47.0 Å². The van der Waals surface area contributed by atoms with Gasteiger partial charge in [-0.2, -0.15) is 0 Å². The van der Waals surface area contributed by atoms with Crippen molar-refractivity contribution in [2.45, 2.75) is 39.3 Å². The summed E-state index contributed by atoms with van der Waals surface area (Å²) in [4.78, 5) is 17.7. The molecule has 0 unspecified atom stereocenters. The van der Waals surface area contributed by atoms with E-state index < -0.39 is 0 Å². The van der Waals surface area contributed by atoms with Gasteiger partial charge in [-0.25, -0.2) is 4.68 Å². The summed E-state index contributed by atoms with van der Waals surface area (Å²) in [6.45, 7) is 6.74. The van der Waals surface area contributed by atoms with E-state index >= 15 is 0 Å². The van der Waals surface area contributed by atoms with Gasteiger partial charge in [-0.3, -0.25) is 4.79 Å². The number of H-pyrrole nitrogens is 1. The van der Waals surface area contributed by atoms with Crippen LogP contribution in [0.4, 0.5) is 0 Å². The smallest absolute Gasteiger partial charge is 0.258 e. The lowest BCUT2D eigenvalue weighted by Gasteiger charge is -2.24. The fraction of sp³-hybridized carbons (Fsp3) is 0.333.